The third kappa shape index (κ3) is 2.58. The fourth-order valence-corrected chi connectivity index (χ4v) is 2.69. The van der Waals surface area contributed by atoms with Crippen molar-refractivity contribution in [2.24, 2.45) is 0 Å². The molecule has 0 spiro atoms. The highest BCUT2D eigenvalue weighted by Crippen LogP contribution is 2.26. The summed E-state index contributed by atoms with van der Waals surface area (Å²) >= 11 is 0. The molecule has 0 aliphatic heterocycles. The summed E-state index contributed by atoms with van der Waals surface area (Å²) in [5.74, 6) is -0.0675. The molecule has 3 heteroatoms. The molecule has 2 nitrogen and oxygen atoms in total. The summed E-state index contributed by atoms with van der Waals surface area (Å²) in [5.41, 5.74) is 1.26. The normalized spacial score (nSPS) is 11.8. The molecule has 22 heavy (non-hydrogen) atoms. The van der Waals surface area contributed by atoms with Gasteiger partial charge >= 0.3 is 0 Å². The second-order valence-electron chi connectivity index (χ2n) is 5.05. The smallest absolute Gasteiger partial charge is 0.197 e. The van der Waals surface area contributed by atoms with Gasteiger partial charge in [0.15, 0.2) is 5.43 Å². The van der Waals surface area contributed by atoms with E-state index < -0.39 is 0 Å². The summed E-state index contributed by atoms with van der Waals surface area (Å²) in [4.78, 5) is 12.9. The zero-order valence-corrected chi connectivity index (χ0v) is 12.9. The summed E-state index contributed by atoms with van der Waals surface area (Å²) in [6.45, 7) is 7.55. The molecular formula is C19H17ClO2. The van der Waals surface area contributed by atoms with E-state index >= 15 is 0 Å². The highest BCUT2D eigenvalue weighted by molar-refractivity contribution is 6.05. The molecule has 1 aromatic heterocycles. The Morgan fingerprint density at radius 2 is 1.91 bits per heavy atom. The molecule has 0 radical (unpaired) electrons. The molecule has 1 unspecified atom stereocenters. The lowest BCUT2D eigenvalue weighted by atomic mass is 9.95. The van der Waals surface area contributed by atoms with E-state index in [2.05, 4.69) is 13.2 Å². The number of hydrogen-bond donors (Lipinski definition) is 0. The third-order valence-corrected chi connectivity index (χ3v) is 3.80. The van der Waals surface area contributed by atoms with Crippen LogP contribution in [-0.4, -0.2) is 0 Å². The van der Waals surface area contributed by atoms with Crippen LogP contribution in [0.5, 0.6) is 0 Å². The average molecular weight is 313 g/mol. The van der Waals surface area contributed by atoms with Gasteiger partial charge in [-0.2, -0.15) is 0 Å². The molecule has 3 aromatic rings. The van der Waals surface area contributed by atoms with Gasteiger partial charge in [0, 0.05) is 11.5 Å². The van der Waals surface area contributed by atoms with Crippen LogP contribution in [0.3, 0.4) is 0 Å². The fraction of sp³-hybridized carbons (Fsp3) is 0.105. The van der Waals surface area contributed by atoms with Crippen molar-refractivity contribution < 1.29 is 4.42 Å². The van der Waals surface area contributed by atoms with Gasteiger partial charge in [-0.25, -0.2) is 0 Å². The quantitative estimate of drug-likeness (QED) is 0.489. The van der Waals surface area contributed by atoms with E-state index in [1.165, 1.54) is 0 Å². The van der Waals surface area contributed by atoms with Crippen molar-refractivity contribution in [2.75, 3.05) is 0 Å². The zero-order valence-electron chi connectivity index (χ0n) is 12.1. The minimum absolute atomic E-state index is 0. The topological polar surface area (TPSA) is 30.2 Å². The monoisotopic (exact) mass is 312 g/mol. The first kappa shape index (κ1) is 16.1. The van der Waals surface area contributed by atoms with Gasteiger partial charge in [0.2, 0.25) is 0 Å². The lowest BCUT2D eigenvalue weighted by molar-refractivity contribution is 0.587. The summed E-state index contributed by atoms with van der Waals surface area (Å²) < 4.78 is 5.68. The second-order valence-corrected chi connectivity index (χ2v) is 5.05. The van der Waals surface area contributed by atoms with Crippen LogP contribution in [0.1, 0.15) is 17.9 Å². The van der Waals surface area contributed by atoms with Crippen molar-refractivity contribution in [1.82, 2.24) is 0 Å². The van der Waals surface area contributed by atoms with Crippen molar-refractivity contribution in [2.45, 2.75) is 12.3 Å². The van der Waals surface area contributed by atoms with Crippen molar-refractivity contribution in [1.29, 1.82) is 0 Å². The van der Waals surface area contributed by atoms with Crippen LogP contribution in [0, 0.1) is 0 Å². The molecule has 3 rings (SSSR count). The molecule has 0 aliphatic rings. The van der Waals surface area contributed by atoms with E-state index in [9.17, 15) is 4.79 Å². The Bertz CT molecular complexity index is 893. The van der Waals surface area contributed by atoms with E-state index in [1.54, 1.807) is 18.4 Å². The SMILES string of the molecule is C=CCC(C=C)c1coc2ccc3ccccc3c2c1=O.Cl. The Hall–Kier alpha value is -2.32. The van der Waals surface area contributed by atoms with Gasteiger partial charge in [-0.3, -0.25) is 4.79 Å². The maximum Gasteiger partial charge on any atom is 0.197 e. The minimum Gasteiger partial charge on any atom is -0.464 e. The number of fused-ring (bicyclic) bond motifs is 3. The predicted molar refractivity (Wildman–Crippen MR) is 95.0 cm³/mol. The lowest BCUT2D eigenvalue weighted by Crippen LogP contribution is -2.12. The molecule has 0 fully saturated rings. The van der Waals surface area contributed by atoms with Crippen LogP contribution < -0.4 is 5.43 Å². The van der Waals surface area contributed by atoms with Crippen molar-refractivity contribution >= 4 is 34.1 Å². The van der Waals surface area contributed by atoms with Gasteiger partial charge in [0.05, 0.1) is 11.6 Å². The summed E-state index contributed by atoms with van der Waals surface area (Å²) in [6.07, 6.45) is 5.78. The van der Waals surface area contributed by atoms with E-state index in [4.69, 9.17) is 4.42 Å². The summed E-state index contributed by atoms with van der Waals surface area (Å²) in [7, 11) is 0. The van der Waals surface area contributed by atoms with Gasteiger partial charge in [-0.15, -0.1) is 25.6 Å². The molecule has 112 valence electrons. The van der Waals surface area contributed by atoms with Crippen LogP contribution in [-0.2, 0) is 0 Å². The first-order valence-electron chi connectivity index (χ1n) is 6.93. The van der Waals surface area contributed by atoms with Crippen molar-refractivity contribution in [3.05, 3.63) is 83.8 Å². The molecule has 1 heterocycles. The fourth-order valence-electron chi connectivity index (χ4n) is 2.69. The van der Waals surface area contributed by atoms with E-state index in [0.717, 1.165) is 10.8 Å². The molecule has 0 N–H and O–H groups in total. The largest absolute Gasteiger partial charge is 0.464 e. The molecule has 0 aliphatic carbocycles. The first-order valence-corrected chi connectivity index (χ1v) is 6.93. The van der Waals surface area contributed by atoms with E-state index in [1.807, 2.05) is 36.4 Å². The van der Waals surface area contributed by atoms with Crippen LogP contribution in [0.25, 0.3) is 21.7 Å². The first-order chi connectivity index (χ1) is 10.3. The van der Waals surface area contributed by atoms with Gasteiger partial charge in [-0.05, 0) is 23.3 Å². The zero-order chi connectivity index (χ0) is 14.8. The number of rotatable bonds is 4. The van der Waals surface area contributed by atoms with Gasteiger partial charge in [0.1, 0.15) is 5.58 Å². The van der Waals surface area contributed by atoms with Crippen LogP contribution in [0.2, 0.25) is 0 Å². The molecule has 0 amide bonds. The maximum atomic E-state index is 12.9. The Morgan fingerprint density at radius 1 is 1.14 bits per heavy atom. The van der Waals surface area contributed by atoms with Crippen molar-refractivity contribution in [3.63, 3.8) is 0 Å². The maximum absolute atomic E-state index is 12.9. The summed E-state index contributed by atoms with van der Waals surface area (Å²) in [5, 5.41) is 2.60. The Labute approximate surface area is 135 Å². The molecular weight excluding hydrogens is 296 g/mol. The highest BCUT2D eigenvalue weighted by Gasteiger charge is 2.15. The highest BCUT2D eigenvalue weighted by atomic mass is 35.5. The van der Waals surface area contributed by atoms with Gasteiger partial charge in [-0.1, -0.05) is 42.5 Å². The number of hydrogen-bond acceptors (Lipinski definition) is 2. The third-order valence-electron chi connectivity index (χ3n) is 3.80. The van der Waals surface area contributed by atoms with Gasteiger partial charge in [0.25, 0.3) is 0 Å². The predicted octanol–water partition coefficient (Wildman–Crippen LogP) is 5.21. The molecule has 2 aromatic carbocycles. The Balaban J connectivity index is 0.00000176. The van der Waals surface area contributed by atoms with E-state index in [-0.39, 0.29) is 23.8 Å². The Kier molecular flexibility index (Phi) is 4.84. The molecule has 0 saturated carbocycles. The van der Waals surface area contributed by atoms with E-state index in [0.29, 0.717) is 23.0 Å². The number of allylic oxidation sites excluding steroid dienone is 2. The number of halogens is 1. The molecule has 1 atom stereocenters. The number of benzene rings is 2. The molecule has 0 saturated heterocycles. The van der Waals surface area contributed by atoms with Crippen molar-refractivity contribution in [3.8, 4) is 0 Å². The summed E-state index contributed by atoms with van der Waals surface area (Å²) in [6, 6.07) is 11.7. The lowest BCUT2D eigenvalue weighted by Gasteiger charge is -2.10. The van der Waals surface area contributed by atoms with Crippen LogP contribution in [0.15, 0.2) is 77.2 Å². The average Bonchev–Trinajstić information content (AvgIpc) is 2.53. The van der Waals surface area contributed by atoms with Gasteiger partial charge < -0.3 is 4.42 Å². The van der Waals surface area contributed by atoms with Crippen LogP contribution in [0.4, 0.5) is 0 Å². The standard InChI is InChI=1S/C19H16O2.ClH/c1-3-7-13(4-2)16-12-21-17-11-10-14-8-5-6-9-15(14)18(17)19(16)20;/h3-6,8-13H,1-2,7H2;1H. The minimum atomic E-state index is -0.0675. The second kappa shape index (κ2) is 6.63. The molecule has 0 bridgehead atoms. The van der Waals surface area contributed by atoms with Crippen LogP contribution >= 0.6 is 12.4 Å². The Morgan fingerprint density at radius 3 is 2.64 bits per heavy atom.